The fourth-order valence-corrected chi connectivity index (χ4v) is 2.72. The smallest absolute Gasteiger partial charge is 0.433 e. The van der Waals surface area contributed by atoms with Crippen LogP contribution < -0.4 is 4.74 Å². The highest BCUT2D eigenvalue weighted by molar-refractivity contribution is 7.99. The van der Waals surface area contributed by atoms with Crippen LogP contribution >= 0.6 is 11.8 Å². The lowest BCUT2D eigenvalue weighted by atomic mass is 10.3. The van der Waals surface area contributed by atoms with Crippen molar-refractivity contribution in [2.75, 3.05) is 25.6 Å². The first-order valence-electron chi connectivity index (χ1n) is 8.67. The minimum absolute atomic E-state index is 0.0303. The lowest BCUT2D eigenvalue weighted by molar-refractivity contribution is -0.142. The SMILES string of the molecule is CC(=O)OCCCCOc1cc(C(F)(F)F)nc(SCCCCOC(C)=O)n1. The molecule has 0 saturated carbocycles. The number of unbranched alkanes of at least 4 members (excludes halogenated alkanes) is 2. The summed E-state index contributed by atoms with van der Waals surface area (Å²) >= 11 is 1.07. The molecule has 7 nitrogen and oxygen atoms in total. The molecule has 0 spiro atoms. The summed E-state index contributed by atoms with van der Waals surface area (Å²) in [5.41, 5.74) is -1.07. The van der Waals surface area contributed by atoms with E-state index >= 15 is 0 Å². The Morgan fingerprint density at radius 3 is 2.11 bits per heavy atom. The fraction of sp³-hybridized carbons (Fsp3) is 0.647. The molecule has 0 bridgehead atoms. The highest BCUT2D eigenvalue weighted by Gasteiger charge is 2.34. The largest absolute Gasteiger partial charge is 0.478 e. The molecule has 0 unspecified atom stereocenters. The van der Waals surface area contributed by atoms with Gasteiger partial charge in [-0.1, -0.05) is 11.8 Å². The van der Waals surface area contributed by atoms with Gasteiger partial charge >= 0.3 is 18.1 Å². The number of hydrogen-bond acceptors (Lipinski definition) is 8. The average molecular weight is 424 g/mol. The molecule has 0 aliphatic heterocycles. The molecule has 158 valence electrons. The van der Waals surface area contributed by atoms with Gasteiger partial charge in [0.2, 0.25) is 5.88 Å². The average Bonchev–Trinajstić information content (AvgIpc) is 2.59. The van der Waals surface area contributed by atoms with Crippen molar-refractivity contribution in [2.24, 2.45) is 0 Å². The second-order valence-electron chi connectivity index (χ2n) is 5.66. The molecule has 0 amide bonds. The number of nitrogens with zero attached hydrogens (tertiary/aromatic N) is 2. The van der Waals surface area contributed by atoms with E-state index < -0.39 is 11.9 Å². The maximum atomic E-state index is 13.0. The minimum atomic E-state index is -4.61. The molecule has 28 heavy (non-hydrogen) atoms. The van der Waals surface area contributed by atoms with Crippen molar-refractivity contribution in [1.82, 2.24) is 9.97 Å². The van der Waals surface area contributed by atoms with Crippen molar-refractivity contribution < 1.29 is 37.0 Å². The molecule has 0 N–H and O–H groups in total. The van der Waals surface area contributed by atoms with Crippen molar-refractivity contribution >= 4 is 23.7 Å². The first-order chi connectivity index (χ1) is 13.2. The van der Waals surface area contributed by atoms with E-state index in [1.54, 1.807) is 0 Å². The van der Waals surface area contributed by atoms with Crippen LogP contribution in [0.1, 0.15) is 45.2 Å². The molecule has 1 rings (SSSR count). The molecule has 1 heterocycles. The molecule has 0 fully saturated rings. The van der Waals surface area contributed by atoms with Crippen molar-refractivity contribution in [3.8, 4) is 5.88 Å². The predicted octanol–water partition coefficient (Wildman–Crippen LogP) is 3.65. The van der Waals surface area contributed by atoms with Crippen LogP contribution in [0, 0.1) is 0 Å². The van der Waals surface area contributed by atoms with Gasteiger partial charge < -0.3 is 14.2 Å². The number of hydrogen-bond donors (Lipinski definition) is 0. The summed E-state index contributed by atoms with van der Waals surface area (Å²) in [4.78, 5) is 28.8. The number of rotatable bonds is 12. The number of carbonyl (C=O) groups excluding carboxylic acids is 2. The molecular weight excluding hydrogens is 401 g/mol. The van der Waals surface area contributed by atoms with Crippen molar-refractivity contribution in [3.05, 3.63) is 11.8 Å². The molecule has 0 aliphatic carbocycles. The van der Waals surface area contributed by atoms with Gasteiger partial charge in [-0.25, -0.2) is 4.98 Å². The van der Waals surface area contributed by atoms with E-state index in [0.29, 0.717) is 31.4 Å². The Morgan fingerprint density at radius 1 is 0.964 bits per heavy atom. The van der Waals surface area contributed by atoms with Gasteiger partial charge in [-0.3, -0.25) is 9.59 Å². The van der Waals surface area contributed by atoms with Gasteiger partial charge in [0.15, 0.2) is 10.9 Å². The molecule has 0 aliphatic rings. The van der Waals surface area contributed by atoms with Crippen molar-refractivity contribution in [1.29, 1.82) is 0 Å². The van der Waals surface area contributed by atoms with E-state index in [9.17, 15) is 22.8 Å². The van der Waals surface area contributed by atoms with Crippen LogP contribution in [0.5, 0.6) is 5.88 Å². The number of alkyl halides is 3. The molecule has 11 heteroatoms. The Labute approximate surface area is 165 Å². The normalized spacial score (nSPS) is 11.2. The summed E-state index contributed by atoms with van der Waals surface area (Å²) in [5.74, 6) is -0.438. The zero-order valence-corrected chi connectivity index (χ0v) is 16.5. The van der Waals surface area contributed by atoms with E-state index in [2.05, 4.69) is 9.97 Å². The Morgan fingerprint density at radius 2 is 1.54 bits per heavy atom. The number of carbonyl (C=O) groups is 2. The minimum Gasteiger partial charge on any atom is -0.478 e. The maximum absolute atomic E-state index is 13.0. The van der Waals surface area contributed by atoms with Crippen LogP contribution in [-0.4, -0.2) is 47.5 Å². The van der Waals surface area contributed by atoms with Gasteiger partial charge in [-0.15, -0.1) is 0 Å². The molecule has 1 aromatic rings. The predicted molar refractivity (Wildman–Crippen MR) is 95.0 cm³/mol. The van der Waals surface area contributed by atoms with Gasteiger partial charge in [0.1, 0.15) is 0 Å². The summed E-state index contributed by atoms with van der Waals surface area (Å²) in [6, 6.07) is 0.761. The standard InChI is InChI=1S/C17H23F3N2O5S/c1-12(23)25-7-3-4-9-27-15-11-14(17(18,19)20)21-16(22-15)28-10-6-5-8-26-13(2)24/h11H,3-10H2,1-2H3. The van der Waals surface area contributed by atoms with E-state index in [0.717, 1.165) is 17.8 Å². The van der Waals surface area contributed by atoms with Crippen LogP contribution in [0.4, 0.5) is 13.2 Å². The Hall–Kier alpha value is -2.04. The Balaban J connectivity index is 2.53. The van der Waals surface area contributed by atoms with E-state index in [1.807, 2.05) is 0 Å². The van der Waals surface area contributed by atoms with Gasteiger partial charge in [0, 0.05) is 25.7 Å². The summed E-state index contributed by atoms with van der Waals surface area (Å²) in [6.07, 6.45) is -2.36. The lowest BCUT2D eigenvalue weighted by Gasteiger charge is -2.11. The Kier molecular flexibility index (Phi) is 10.6. The van der Waals surface area contributed by atoms with Gasteiger partial charge in [0.05, 0.1) is 19.8 Å². The zero-order chi connectivity index (χ0) is 21.0. The van der Waals surface area contributed by atoms with Crippen LogP contribution in [0.15, 0.2) is 11.2 Å². The number of esters is 2. The number of ether oxygens (including phenoxy) is 3. The summed E-state index contributed by atoms with van der Waals surface area (Å²) in [5, 5.41) is -0.0303. The Bertz CT molecular complexity index is 599. The number of aromatic nitrogens is 2. The fourth-order valence-electron chi connectivity index (χ4n) is 1.87. The van der Waals surface area contributed by atoms with Gasteiger partial charge in [-0.05, 0) is 25.7 Å². The second-order valence-corrected chi connectivity index (χ2v) is 6.73. The first-order valence-corrected chi connectivity index (χ1v) is 9.65. The first kappa shape index (κ1) is 24.0. The molecule has 0 atom stereocenters. The summed E-state index contributed by atoms with van der Waals surface area (Å²) in [6.45, 7) is 3.24. The van der Waals surface area contributed by atoms with E-state index in [1.165, 1.54) is 13.8 Å². The van der Waals surface area contributed by atoms with Crippen molar-refractivity contribution in [2.45, 2.75) is 50.9 Å². The number of halogens is 3. The zero-order valence-electron chi connectivity index (χ0n) is 15.7. The monoisotopic (exact) mass is 424 g/mol. The van der Waals surface area contributed by atoms with Crippen LogP contribution in [0.2, 0.25) is 0 Å². The molecular formula is C17H23F3N2O5S. The number of thioether (sulfide) groups is 1. The molecule has 0 saturated heterocycles. The summed E-state index contributed by atoms with van der Waals surface area (Å²) in [7, 11) is 0. The highest BCUT2D eigenvalue weighted by atomic mass is 32.2. The van der Waals surface area contributed by atoms with Crippen LogP contribution in [0.3, 0.4) is 0 Å². The maximum Gasteiger partial charge on any atom is 0.433 e. The second kappa shape index (κ2) is 12.4. The van der Waals surface area contributed by atoms with Gasteiger partial charge in [0.25, 0.3) is 0 Å². The quantitative estimate of drug-likeness (QED) is 0.217. The van der Waals surface area contributed by atoms with Crippen molar-refractivity contribution in [3.63, 3.8) is 0 Å². The molecule has 0 radical (unpaired) electrons. The summed E-state index contributed by atoms with van der Waals surface area (Å²) < 4.78 is 53.9. The highest BCUT2D eigenvalue weighted by Crippen LogP contribution is 2.31. The van der Waals surface area contributed by atoms with Crippen LogP contribution in [0.25, 0.3) is 0 Å². The van der Waals surface area contributed by atoms with Gasteiger partial charge in [-0.2, -0.15) is 18.2 Å². The topological polar surface area (TPSA) is 87.6 Å². The molecule has 1 aromatic heterocycles. The molecule has 0 aromatic carbocycles. The third-order valence-corrected chi connectivity index (χ3v) is 4.08. The van der Waals surface area contributed by atoms with E-state index in [-0.39, 0.29) is 42.8 Å². The third kappa shape index (κ3) is 11.0. The van der Waals surface area contributed by atoms with E-state index in [4.69, 9.17) is 14.2 Å². The lowest BCUT2D eigenvalue weighted by Crippen LogP contribution is -2.11. The van der Waals surface area contributed by atoms with Crippen LogP contribution in [-0.2, 0) is 25.2 Å². The third-order valence-electron chi connectivity index (χ3n) is 3.14.